The van der Waals surface area contributed by atoms with Gasteiger partial charge in [-0.2, -0.15) is 0 Å². The molecule has 0 saturated carbocycles. The summed E-state index contributed by atoms with van der Waals surface area (Å²) in [4.78, 5) is 21.5. The molecule has 0 saturated heterocycles. The summed E-state index contributed by atoms with van der Waals surface area (Å²) < 4.78 is 30.9. The number of benzene rings is 1. The number of carbonyl (C=O) groups is 2. The largest absolute Gasteiger partial charge is 0.491 e. The summed E-state index contributed by atoms with van der Waals surface area (Å²) in [5, 5.41) is 10.8. The standard InChI is InChI=1S/C13H15F2NO4/c14-9-3-4-11(10(15)8-9)20-7-1-2-12(17)16-6-5-13(18)19/h3-4,8H,1-2,5-7H2,(H,16,17)(H,18,19). The van der Waals surface area contributed by atoms with E-state index >= 15 is 0 Å². The number of hydrogen-bond donors (Lipinski definition) is 2. The molecule has 0 spiro atoms. The number of hydrogen-bond acceptors (Lipinski definition) is 3. The summed E-state index contributed by atoms with van der Waals surface area (Å²) in [5.74, 6) is -2.84. The number of halogens is 2. The van der Waals surface area contributed by atoms with Gasteiger partial charge in [0.1, 0.15) is 5.82 Å². The number of carboxylic acids is 1. The van der Waals surface area contributed by atoms with Crippen LogP contribution in [0.1, 0.15) is 19.3 Å². The molecule has 7 heteroatoms. The van der Waals surface area contributed by atoms with Crippen LogP contribution >= 0.6 is 0 Å². The highest BCUT2D eigenvalue weighted by atomic mass is 19.1. The Morgan fingerprint density at radius 3 is 2.65 bits per heavy atom. The zero-order valence-electron chi connectivity index (χ0n) is 10.7. The number of rotatable bonds is 8. The van der Waals surface area contributed by atoms with Crippen molar-refractivity contribution in [3.8, 4) is 5.75 Å². The minimum Gasteiger partial charge on any atom is -0.491 e. The average molecular weight is 287 g/mol. The number of ether oxygens (including phenoxy) is 1. The van der Waals surface area contributed by atoms with Crippen molar-refractivity contribution < 1.29 is 28.2 Å². The Kier molecular flexibility index (Phi) is 6.42. The Labute approximate surface area is 114 Å². The van der Waals surface area contributed by atoms with Crippen LogP contribution in [0.2, 0.25) is 0 Å². The average Bonchev–Trinajstić information content (AvgIpc) is 2.36. The van der Waals surface area contributed by atoms with E-state index in [4.69, 9.17) is 9.84 Å². The number of carbonyl (C=O) groups excluding carboxylic acids is 1. The van der Waals surface area contributed by atoms with Gasteiger partial charge in [0.25, 0.3) is 0 Å². The molecule has 20 heavy (non-hydrogen) atoms. The van der Waals surface area contributed by atoms with Crippen molar-refractivity contribution in [1.29, 1.82) is 0 Å². The third kappa shape index (κ3) is 6.12. The normalized spacial score (nSPS) is 10.1. The maximum atomic E-state index is 13.2. The Morgan fingerprint density at radius 2 is 2.00 bits per heavy atom. The van der Waals surface area contributed by atoms with Crippen molar-refractivity contribution in [2.24, 2.45) is 0 Å². The second-order valence-electron chi connectivity index (χ2n) is 4.02. The summed E-state index contributed by atoms with van der Waals surface area (Å²) in [6.45, 7) is 0.177. The van der Waals surface area contributed by atoms with Gasteiger partial charge in [-0.05, 0) is 18.6 Å². The Balaban J connectivity index is 2.18. The highest BCUT2D eigenvalue weighted by molar-refractivity contribution is 5.76. The molecule has 0 aliphatic carbocycles. The second kappa shape index (κ2) is 8.08. The molecule has 0 heterocycles. The molecule has 0 radical (unpaired) electrons. The molecule has 110 valence electrons. The van der Waals surface area contributed by atoms with E-state index in [1.807, 2.05) is 0 Å². The van der Waals surface area contributed by atoms with Crippen LogP contribution < -0.4 is 10.1 Å². The molecule has 0 unspecified atom stereocenters. The van der Waals surface area contributed by atoms with Crippen molar-refractivity contribution in [1.82, 2.24) is 5.32 Å². The lowest BCUT2D eigenvalue weighted by atomic mass is 10.3. The lowest BCUT2D eigenvalue weighted by Gasteiger charge is -2.07. The van der Waals surface area contributed by atoms with Crippen LogP contribution in [-0.2, 0) is 9.59 Å². The van der Waals surface area contributed by atoms with E-state index in [2.05, 4.69) is 5.32 Å². The molecule has 1 aromatic carbocycles. The summed E-state index contributed by atoms with van der Waals surface area (Å²) in [5.41, 5.74) is 0. The van der Waals surface area contributed by atoms with E-state index < -0.39 is 17.6 Å². The van der Waals surface area contributed by atoms with Gasteiger partial charge < -0.3 is 15.2 Å². The van der Waals surface area contributed by atoms with Crippen LogP contribution in [0, 0.1) is 11.6 Å². The number of amides is 1. The van der Waals surface area contributed by atoms with Gasteiger partial charge in [0.05, 0.1) is 13.0 Å². The van der Waals surface area contributed by atoms with Gasteiger partial charge in [-0.1, -0.05) is 0 Å². The minimum atomic E-state index is -0.986. The molecule has 1 aromatic rings. The van der Waals surface area contributed by atoms with Gasteiger partial charge in [0.15, 0.2) is 11.6 Å². The molecular formula is C13H15F2NO4. The first-order valence-electron chi connectivity index (χ1n) is 6.05. The quantitative estimate of drug-likeness (QED) is 0.714. The smallest absolute Gasteiger partial charge is 0.305 e. The molecule has 0 atom stereocenters. The molecule has 0 aliphatic rings. The van der Waals surface area contributed by atoms with Gasteiger partial charge in [0.2, 0.25) is 5.91 Å². The Bertz CT molecular complexity index is 479. The zero-order valence-corrected chi connectivity index (χ0v) is 10.7. The first-order valence-corrected chi connectivity index (χ1v) is 6.05. The molecule has 0 aromatic heterocycles. The monoisotopic (exact) mass is 287 g/mol. The fourth-order valence-electron chi connectivity index (χ4n) is 1.40. The van der Waals surface area contributed by atoms with E-state index in [9.17, 15) is 18.4 Å². The van der Waals surface area contributed by atoms with E-state index in [1.54, 1.807) is 0 Å². The van der Waals surface area contributed by atoms with Crippen LogP contribution in [0.3, 0.4) is 0 Å². The van der Waals surface area contributed by atoms with Crippen LogP contribution in [0.25, 0.3) is 0 Å². The van der Waals surface area contributed by atoms with Crippen molar-refractivity contribution in [2.75, 3.05) is 13.2 Å². The van der Waals surface area contributed by atoms with Gasteiger partial charge in [-0.3, -0.25) is 9.59 Å². The summed E-state index contributed by atoms with van der Waals surface area (Å²) in [6, 6.07) is 2.97. The Morgan fingerprint density at radius 1 is 1.25 bits per heavy atom. The highest BCUT2D eigenvalue weighted by Crippen LogP contribution is 2.17. The van der Waals surface area contributed by atoms with Crippen LogP contribution in [-0.4, -0.2) is 30.1 Å². The first-order chi connectivity index (χ1) is 9.49. The lowest BCUT2D eigenvalue weighted by Crippen LogP contribution is -2.26. The molecule has 0 aliphatic heterocycles. The van der Waals surface area contributed by atoms with E-state index in [0.29, 0.717) is 12.5 Å². The van der Waals surface area contributed by atoms with Crippen molar-refractivity contribution in [2.45, 2.75) is 19.3 Å². The van der Waals surface area contributed by atoms with Crippen molar-refractivity contribution in [3.05, 3.63) is 29.8 Å². The summed E-state index contributed by atoms with van der Waals surface area (Å²) in [6.07, 6.45) is 0.348. The molecule has 0 bridgehead atoms. The SMILES string of the molecule is O=C(O)CCNC(=O)CCCOc1ccc(F)cc1F. The fourth-order valence-corrected chi connectivity index (χ4v) is 1.40. The maximum absolute atomic E-state index is 13.2. The summed E-state index contributed by atoms with van der Waals surface area (Å²) in [7, 11) is 0. The Hall–Kier alpha value is -2.18. The minimum absolute atomic E-state index is 0.0710. The predicted molar refractivity (Wildman–Crippen MR) is 66.3 cm³/mol. The van der Waals surface area contributed by atoms with E-state index in [1.165, 1.54) is 6.07 Å². The topological polar surface area (TPSA) is 75.6 Å². The molecule has 5 nitrogen and oxygen atoms in total. The molecule has 1 rings (SSSR count). The number of aliphatic carboxylic acids is 1. The van der Waals surface area contributed by atoms with Crippen LogP contribution in [0.5, 0.6) is 5.75 Å². The third-order valence-corrected chi connectivity index (χ3v) is 2.36. The van der Waals surface area contributed by atoms with E-state index in [0.717, 1.165) is 6.07 Å². The van der Waals surface area contributed by atoms with Crippen molar-refractivity contribution >= 4 is 11.9 Å². The molecular weight excluding hydrogens is 272 g/mol. The molecule has 2 N–H and O–H groups in total. The predicted octanol–water partition coefficient (Wildman–Crippen LogP) is 1.71. The number of carboxylic acid groups (broad SMARTS) is 1. The van der Waals surface area contributed by atoms with Crippen molar-refractivity contribution in [3.63, 3.8) is 0 Å². The fraction of sp³-hybridized carbons (Fsp3) is 0.385. The van der Waals surface area contributed by atoms with Gasteiger partial charge in [-0.15, -0.1) is 0 Å². The molecule has 1 amide bonds. The third-order valence-electron chi connectivity index (χ3n) is 2.36. The molecule has 0 fully saturated rings. The summed E-state index contributed by atoms with van der Waals surface area (Å²) >= 11 is 0. The van der Waals surface area contributed by atoms with Crippen LogP contribution in [0.15, 0.2) is 18.2 Å². The van der Waals surface area contributed by atoms with Gasteiger partial charge in [0, 0.05) is 19.0 Å². The second-order valence-corrected chi connectivity index (χ2v) is 4.02. The van der Waals surface area contributed by atoms with Gasteiger partial charge in [-0.25, -0.2) is 8.78 Å². The zero-order chi connectivity index (χ0) is 15.0. The number of nitrogens with one attached hydrogen (secondary N) is 1. The van der Waals surface area contributed by atoms with E-state index in [-0.39, 0.29) is 37.6 Å². The maximum Gasteiger partial charge on any atom is 0.305 e. The van der Waals surface area contributed by atoms with Crippen LogP contribution in [0.4, 0.5) is 8.78 Å². The van der Waals surface area contributed by atoms with Gasteiger partial charge >= 0.3 is 5.97 Å². The first kappa shape index (κ1) is 15.9. The highest BCUT2D eigenvalue weighted by Gasteiger charge is 2.06. The lowest BCUT2D eigenvalue weighted by molar-refractivity contribution is -0.136.